The Balaban J connectivity index is 2.42. The van der Waals surface area contributed by atoms with Crippen molar-refractivity contribution >= 4 is 28.7 Å². The zero-order valence-electron chi connectivity index (χ0n) is 10.1. The number of nitrogens with one attached hydrogen (secondary N) is 1. The van der Waals surface area contributed by atoms with E-state index in [1.807, 2.05) is 0 Å². The van der Waals surface area contributed by atoms with Gasteiger partial charge < -0.3 is 11.1 Å². The van der Waals surface area contributed by atoms with Crippen molar-refractivity contribution in [2.75, 3.05) is 5.32 Å². The van der Waals surface area contributed by atoms with Crippen LogP contribution >= 0.6 is 12.2 Å². The third kappa shape index (κ3) is 3.23. The van der Waals surface area contributed by atoms with Crippen molar-refractivity contribution in [3.05, 3.63) is 53.2 Å². The smallest absolute Gasteiger partial charge is 0.140 e. The average Bonchev–Trinajstić information content (AvgIpc) is 2.26. The Kier molecular flexibility index (Phi) is 3.71. The third-order valence-corrected chi connectivity index (χ3v) is 2.65. The molecule has 2 aromatic rings. The second-order valence-corrected chi connectivity index (χ2v) is 4.44. The zero-order valence-corrected chi connectivity index (χ0v) is 10.9. The third-order valence-electron chi connectivity index (χ3n) is 2.43. The minimum atomic E-state index is -0.674. The summed E-state index contributed by atoms with van der Waals surface area (Å²) in [5, 5.41) is 2.82. The van der Waals surface area contributed by atoms with Crippen molar-refractivity contribution in [2.45, 2.75) is 6.92 Å². The normalized spacial score (nSPS) is 10.3. The fourth-order valence-corrected chi connectivity index (χ4v) is 1.78. The van der Waals surface area contributed by atoms with Crippen LogP contribution < -0.4 is 11.1 Å². The number of hydrogen-bond donors (Lipinski definition) is 2. The highest BCUT2D eigenvalue weighted by Crippen LogP contribution is 2.21. The molecule has 0 saturated heterocycles. The van der Waals surface area contributed by atoms with Gasteiger partial charge in [-0.1, -0.05) is 12.2 Å². The number of pyridine rings is 1. The monoisotopic (exact) mass is 279 g/mol. The van der Waals surface area contributed by atoms with Crippen molar-refractivity contribution in [2.24, 2.45) is 5.73 Å². The lowest BCUT2D eigenvalue weighted by Crippen LogP contribution is -2.13. The van der Waals surface area contributed by atoms with E-state index in [-0.39, 0.29) is 10.7 Å². The van der Waals surface area contributed by atoms with Crippen LogP contribution in [-0.2, 0) is 0 Å². The zero-order chi connectivity index (χ0) is 14.0. The summed E-state index contributed by atoms with van der Waals surface area (Å²) >= 11 is 4.91. The SMILES string of the molecule is Cc1ccc(C(N)=S)c(Nc2cc(F)cc(F)c2)n1. The van der Waals surface area contributed by atoms with Crippen LogP contribution in [0.5, 0.6) is 0 Å². The lowest BCUT2D eigenvalue weighted by molar-refractivity contribution is 0.584. The molecule has 1 heterocycles. The number of hydrogen-bond acceptors (Lipinski definition) is 3. The fraction of sp³-hybridized carbons (Fsp3) is 0.0769. The molecule has 0 amide bonds. The van der Waals surface area contributed by atoms with Crippen LogP contribution in [0.4, 0.5) is 20.3 Å². The van der Waals surface area contributed by atoms with E-state index in [1.54, 1.807) is 19.1 Å². The quantitative estimate of drug-likeness (QED) is 0.848. The Hall–Kier alpha value is -2.08. The number of nitrogens with two attached hydrogens (primary N) is 1. The predicted molar refractivity (Wildman–Crippen MR) is 74.5 cm³/mol. The number of halogens is 2. The van der Waals surface area contributed by atoms with Crippen molar-refractivity contribution in [3.63, 3.8) is 0 Å². The molecule has 0 atom stereocenters. The van der Waals surface area contributed by atoms with Gasteiger partial charge in [0.1, 0.15) is 22.4 Å². The van der Waals surface area contributed by atoms with Crippen molar-refractivity contribution in [1.29, 1.82) is 0 Å². The second kappa shape index (κ2) is 5.27. The molecule has 0 aliphatic heterocycles. The number of thiocarbonyl (C=S) groups is 1. The van der Waals surface area contributed by atoms with Gasteiger partial charge in [0.2, 0.25) is 0 Å². The number of nitrogens with zero attached hydrogens (tertiary/aromatic N) is 1. The van der Waals surface area contributed by atoms with Crippen LogP contribution in [0, 0.1) is 18.6 Å². The Labute approximate surface area is 114 Å². The maximum absolute atomic E-state index is 13.1. The number of aromatic nitrogens is 1. The molecule has 6 heteroatoms. The molecule has 0 spiro atoms. The molecule has 0 fully saturated rings. The maximum Gasteiger partial charge on any atom is 0.140 e. The average molecular weight is 279 g/mol. The van der Waals surface area contributed by atoms with Gasteiger partial charge >= 0.3 is 0 Å². The Bertz CT molecular complexity index is 624. The van der Waals surface area contributed by atoms with E-state index >= 15 is 0 Å². The number of benzene rings is 1. The lowest BCUT2D eigenvalue weighted by Gasteiger charge is -2.11. The molecular weight excluding hydrogens is 268 g/mol. The molecule has 1 aromatic heterocycles. The summed E-state index contributed by atoms with van der Waals surface area (Å²) < 4.78 is 26.2. The number of rotatable bonds is 3. The first-order valence-corrected chi connectivity index (χ1v) is 5.87. The van der Waals surface area contributed by atoms with Crippen molar-refractivity contribution in [1.82, 2.24) is 4.98 Å². The fourth-order valence-electron chi connectivity index (χ4n) is 1.61. The Morgan fingerprint density at radius 2 is 1.84 bits per heavy atom. The van der Waals surface area contributed by atoms with E-state index in [9.17, 15) is 8.78 Å². The molecular formula is C13H11F2N3S. The van der Waals surface area contributed by atoms with Gasteiger partial charge in [0.05, 0.1) is 5.56 Å². The van der Waals surface area contributed by atoms with Gasteiger partial charge in [-0.15, -0.1) is 0 Å². The summed E-state index contributed by atoms with van der Waals surface area (Å²) in [6.45, 7) is 1.79. The minimum Gasteiger partial charge on any atom is -0.389 e. The first-order chi connectivity index (χ1) is 8.95. The molecule has 3 nitrogen and oxygen atoms in total. The molecule has 0 radical (unpaired) electrons. The van der Waals surface area contributed by atoms with Gasteiger partial charge in [-0.05, 0) is 31.2 Å². The van der Waals surface area contributed by atoms with Crippen LogP contribution in [0.25, 0.3) is 0 Å². The number of aryl methyl sites for hydroxylation is 1. The molecule has 0 aliphatic rings. The summed E-state index contributed by atoms with van der Waals surface area (Å²) in [5.74, 6) is -0.975. The van der Waals surface area contributed by atoms with Crippen molar-refractivity contribution in [3.8, 4) is 0 Å². The molecule has 98 valence electrons. The highest BCUT2D eigenvalue weighted by molar-refractivity contribution is 7.80. The summed E-state index contributed by atoms with van der Waals surface area (Å²) in [6, 6.07) is 6.59. The highest BCUT2D eigenvalue weighted by Gasteiger charge is 2.09. The predicted octanol–water partition coefficient (Wildman–Crippen LogP) is 3.05. The van der Waals surface area contributed by atoms with E-state index in [2.05, 4.69) is 10.3 Å². The van der Waals surface area contributed by atoms with Gasteiger partial charge in [-0.2, -0.15) is 0 Å². The standard InChI is InChI=1S/C13H11F2N3S/c1-7-2-3-11(12(16)19)13(17-7)18-10-5-8(14)4-9(15)6-10/h2-6H,1H3,(H2,16,19)(H,17,18). The summed E-state index contributed by atoms with van der Waals surface area (Å²) in [7, 11) is 0. The van der Waals surface area contributed by atoms with E-state index in [4.69, 9.17) is 18.0 Å². The largest absolute Gasteiger partial charge is 0.389 e. The van der Waals surface area contributed by atoms with Crippen molar-refractivity contribution < 1.29 is 8.78 Å². The first kappa shape index (κ1) is 13.4. The van der Waals surface area contributed by atoms with E-state index in [1.165, 1.54) is 0 Å². The second-order valence-electron chi connectivity index (χ2n) is 4.00. The molecule has 19 heavy (non-hydrogen) atoms. The maximum atomic E-state index is 13.1. The van der Waals surface area contributed by atoms with Gasteiger partial charge in [-0.3, -0.25) is 0 Å². The molecule has 3 N–H and O–H groups in total. The molecule has 0 unspecified atom stereocenters. The van der Waals surface area contributed by atoms with Gasteiger partial charge in [0, 0.05) is 17.4 Å². The topological polar surface area (TPSA) is 50.9 Å². The van der Waals surface area contributed by atoms with E-state index in [0.29, 0.717) is 11.4 Å². The molecule has 2 rings (SSSR count). The van der Waals surface area contributed by atoms with Gasteiger partial charge in [0.15, 0.2) is 0 Å². The summed E-state index contributed by atoms with van der Waals surface area (Å²) in [6.07, 6.45) is 0. The van der Waals surface area contributed by atoms with Crippen LogP contribution in [-0.4, -0.2) is 9.97 Å². The van der Waals surface area contributed by atoms with Crippen LogP contribution in [0.1, 0.15) is 11.3 Å². The lowest BCUT2D eigenvalue weighted by atomic mass is 10.2. The van der Waals surface area contributed by atoms with Crippen LogP contribution in [0.2, 0.25) is 0 Å². The Morgan fingerprint density at radius 3 is 2.42 bits per heavy atom. The van der Waals surface area contributed by atoms with Gasteiger partial charge in [0.25, 0.3) is 0 Å². The van der Waals surface area contributed by atoms with E-state index in [0.717, 1.165) is 23.9 Å². The summed E-state index contributed by atoms with van der Waals surface area (Å²) in [5.41, 5.74) is 7.08. The van der Waals surface area contributed by atoms with Crippen LogP contribution in [0.15, 0.2) is 30.3 Å². The minimum absolute atomic E-state index is 0.159. The van der Waals surface area contributed by atoms with Gasteiger partial charge in [-0.25, -0.2) is 13.8 Å². The first-order valence-electron chi connectivity index (χ1n) is 5.46. The Morgan fingerprint density at radius 1 is 1.21 bits per heavy atom. The molecule has 0 aliphatic carbocycles. The summed E-state index contributed by atoms with van der Waals surface area (Å²) in [4.78, 5) is 4.38. The molecule has 1 aromatic carbocycles. The van der Waals surface area contributed by atoms with Crippen LogP contribution in [0.3, 0.4) is 0 Å². The number of anilines is 2. The van der Waals surface area contributed by atoms with E-state index < -0.39 is 11.6 Å². The molecule has 0 saturated carbocycles. The molecule has 0 bridgehead atoms. The highest BCUT2D eigenvalue weighted by atomic mass is 32.1.